The summed E-state index contributed by atoms with van der Waals surface area (Å²) in [7, 11) is 0. The van der Waals surface area contributed by atoms with Crippen LogP contribution in [0.25, 0.3) is 0 Å². The van der Waals surface area contributed by atoms with Gasteiger partial charge >= 0.3 is 0 Å². The molecular formula is C71H123N16O14+. The lowest BCUT2D eigenvalue weighted by Crippen LogP contribution is -2.70. The number of hydrogen-bond acceptors (Lipinski definition) is 15. The van der Waals surface area contributed by atoms with Crippen molar-refractivity contribution < 1.29 is 71.7 Å². The molecule has 4 aliphatic heterocycles. The Morgan fingerprint density at radius 2 is 0.871 bits per heavy atom. The van der Waals surface area contributed by atoms with E-state index in [4.69, 9.17) is 0 Å². The Hall–Kier alpha value is -7.95. The third kappa shape index (κ3) is 22.3. The first-order valence-electron chi connectivity index (χ1n) is 36.2. The Morgan fingerprint density at radius 3 is 1.40 bits per heavy atom. The van der Waals surface area contributed by atoms with Gasteiger partial charge in [-0.05, 0) is 173 Å². The van der Waals surface area contributed by atoms with E-state index in [1.54, 1.807) is 27.7 Å². The van der Waals surface area contributed by atoms with Crippen molar-refractivity contribution in [3.63, 3.8) is 0 Å². The van der Waals surface area contributed by atoms with Crippen molar-refractivity contribution in [3.05, 3.63) is 0 Å². The fourth-order valence-electron chi connectivity index (χ4n) is 12.6. The second kappa shape index (κ2) is 34.3. The molecule has 0 aromatic carbocycles. The van der Waals surface area contributed by atoms with E-state index < -0.39 is 139 Å². The van der Waals surface area contributed by atoms with Gasteiger partial charge in [-0.1, -0.05) is 41.5 Å². The molecule has 0 aromatic rings. The molecule has 7 unspecified atom stereocenters. The molecule has 0 spiro atoms. The number of carbonyl (C=O) groups is 14. The van der Waals surface area contributed by atoms with Gasteiger partial charge in [-0.15, -0.1) is 0 Å². The van der Waals surface area contributed by atoms with Crippen LogP contribution in [0.1, 0.15) is 235 Å². The Kier molecular flexibility index (Phi) is 29.1. The van der Waals surface area contributed by atoms with E-state index in [2.05, 4.69) is 87.1 Å². The zero-order valence-electron chi connectivity index (χ0n) is 64.4. The monoisotopic (exact) mass is 1420 g/mol. The minimum atomic E-state index is -1.73. The van der Waals surface area contributed by atoms with E-state index in [9.17, 15) is 67.1 Å². The predicted molar refractivity (Wildman–Crippen MR) is 381 cm³/mol. The SMILES string of the molecule is CCC(C)(NC(=O)C1CCCN1C(C)=O)C(=O)NC(C)(CC)C(=O)NCCC(=O)NCC(=O)NC(C)(C)C(=O)NC(C)(C)C(=O)NC(C)(CC)C(=O)NC(C)(C)C(=O)NC(C)(C)C(=O)NC(C)(C)C(=O)N1CCCCC1C(=O)NC(C)(CC)C(=O)NC(CC(C)C)CN1CCC[N+]2=C1CCC2. The molecule has 12 N–H and O–H groups in total. The van der Waals surface area contributed by atoms with Gasteiger partial charge in [0.15, 0.2) is 0 Å². The summed E-state index contributed by atoms with van der Waals surface area (Å²) in [4.78, 5) is 197. The topological polar surface area (TPSA) is 396 Å². The smallest absolute Gasteiger partial charge is 0.248 e. The minimum absolute atomic E-state index is 0.00576. The second-order valence-electron chi connectivity index (χ2n) is 31.9. The summed E-state index contributed by atoms with van der Waals surface area (Å²) in [5.74, 6) is -7.06. The van der Waals surface area contributed by atoms with Crippen molar-refractivity contribution in [1.29, 1.82) is 0 Å². The fraction of sp³-hybridized carbons (Fsp3) is 0.789. The van der Waals surface area contributed by atoms with Crippen LogP contribution in [0.4, 0.5) is 0 Å². The first-order valence-corrected chi connectivity index (χ1v) is 36.2. The Morgan fingerprint density at radius 1 is 0.446 bits per heavy atom. The van der Waals surface area contributed by atoms with Crippen molar-refractivity contribution in [2.75, 3.05) is 52.4 Å². The lowest BCUT2D eigenvalue weighted by molar-refractivity contribution is -0.530. The van der Waals surface area contributed by atoms with E-state index in [-0.39, 0.29) is 63.0 Å². The van der Waals surface area contributed by atoms with Crippen molar-refractivity contribution in [2.24, 2.45) is 5.92 Å². The van der Waals surface area contributed by atoms with Gasteiger partial charge in [0.25, 0.3) is 0 Å². The largest absolute Gasteiger partial charge is 0.354 e. The molecule has 30 heteroatoms. The fourth-order valence-corrected chi connectivity index (χ4v) is 12.6. The molecule has 0 aromatic heterocycles. The van der Waals surface area contributed by atoms with Crippen LogP contribution in [0.15, 0.2) is 0 Å². The first kappa shape index (κ1) is 85.5. The molecule has 570 valence electrons. The molecule has 7 atom stereocenters. The Labute approximate surface area is 598 Å². The van der Waals surface area contributed by atoms with Gasteiger partial charge in [0.2, 0.25) is 88.5 Å². The maximum absolute atomic E-state index is 14.6. The van der Waals surface area contributed by atoms with E-state index in [0.29, 0.717) is 51.1 Å². The van der Waals surface area contributed by atoms with Crippen LogP contribution in [0, 0.1) is 5.92 Å². The summed E-state index contributed by atoms with van der Waals surface area (Å²) in [5, 5.41) is 32.8. The summed E-state index contributed by atoms with van der Waals surface area (Å²) < 4.78 is 2.44. The molecule has 101 heavy (non-hydrogen) atoms. The van der Waals surface area contributed by atoms with Crippen molar-refractivity contribution in [1.82, 2.24) is 78.5 Å². The number of piperidine rings is 1. The molecule has 30 nitrogen and oxygen atoms in total. The molecule has 0 saturated carbocycles. The summed E-state index contributed by atoms with van der Waals surface area (Å²) >= 11 is 0. The molecule has 14 amide bonds. The van der Waals surface area contributed by atoms with Gasteiger partial charge in [0.05, 0.1) is 38.6 Å². The quantitative estimate of drug-likeness (QED) is 0.0401. The maximum atomic E-state index is 14.6. The molecule has 2 saturated heterocycles. The standard InChI is InChI=1S/C71H122N16O14/c1-22-68(18,83-61(100)70(20,24-3)77-52(91)47-32-28-40-86(47)45(7)88)58(97)72-35-34-49(89)73-42-50(90)75-63(8,9)54(93)78-66(14,15)57(96)82-71(21,25-4)60(99)81-65(12,13)55(94)79-64(10,11)56(95)80-67(16,17)62(101)87-39-27-26-31-48(87)53(92)76-69(19,23-2)59(98)74-46(41-44(5)6)43-85-38-30-37-84-36-29-33-51(84)85/h44,46-48H,22-43H2,1-21H3,(H11-,72,73,74,75,76,77,78,79,80,81,82,83,89,90,91,92,93,94,95,96,97,98,99,100)/p+1. The van der Waals surface area contributed by atoms with Gasteiger partial charge in [0.1, 0.15) is 68.5 Å². The highest BCUT2D eigenvalue weighted by molar-refractivity contribution is 6.03. The van der Waals surface area contributed by atoms with Gasteiger partial charge in [-0.2, -0.15) is 0 Å². The highest BCUT2D eigenvalue weighted by Gasteiger charge is 2.49. The summed E-state index contributed by atoms with van der Waals surface area (Å²) in [6.07, 6.45) is 6.91. The number of hydrogen-bond donors (Lipinski definition) is 12. The van der Waals surface area contributed by atoms with E-state index >= 15 is 0 Å². The van der Waals surface area contributed by atoms with Crippen LogP contribution in [-0.2, 0) is 67.1 Å². The lowest BCUT2D eigenvalue weighted by atomic mass is 9.91. The van der Waals surface area contributed by atoms with Crippen LogP contribution in [0.5, 0.6) is 0 Å². The minimum Gasteiger partial charge on any atom is -0.354 e. The number of nitrogens with zero attached hydrogens (tertiary/aromatic N) is 4. The first-order chi connectivity index (χ1) is 46.5. The third-order valence-electron chi connectivity index (χ3n) is 20.4. The number of rotatable bonds is 34. The van der Waals surface area contributed by atoms with E-state index in [1.165, 1.54) is 113 Å². The zero-order valence-corrected chi connectivity index (χ0v) is 64.4. The molecule has 4 aliphatic rings. The summed E-state index contributed by atoms with van der Waals surface area (Å²) in [6, 6.07) is -1.83. The lowest BCUT2D eigenvalue weighted by Gasteiger charge is -2.42. The van der Waals surface area contributed by atoms with Gasteiger partial charge < -0.3 is 73.6 Å². The number of amides is 14. The number of carbonyl (C=O) groups excluding carboxylic acids is 14. The molecule has 0 bridgehead atoms. The zero-order chi connectivity index (χ0) is 76.8. The molecular weight excluding hydrogens is 1300 g/mol. The summed E-state index contributed by atoms with van der Waals surface area (Å²) in [5.41, 5.74) is -14.3. The van der Waals surface area contributed by atoms with E-state index in [0.717, 1.165) is 45.3 Å². The van der Waals surface area contributed by atoms with Gasteiger partial charge in [-0.25, -0.2) is 0 Å². The van der Waals surface area contributed by atoms with E-state index in [1.807, 2.05) is 6.92 Å². The van der Waals surface area contributed by atoms with Crippen molar-refractivity contribution >= 4 is 88.5 Å². The Bertz CT molecular complexity index is 3160. The van der Waals surface area contributed by atoms with Crippen LogP contribution < -0.4 is 63.8 Å². The highest BCUT2D eigenvalue weighted by atomic mass is 16.2. The maximum Gasteiger partial charge on any atom is 0.248 e. The van der Waals surface area contributed by atoms with Crippen LogP contribution in [0.3, 0.4) is 0 Å². The number of amidine groups is 1. The number of likely N-dealkylation sites (tertiary alicyclic amines) is 2. The van der Waals surface area contributed by atoms with Crippen molar-refractivity contribution in [2.45, 2.75) is 303 Å². The van der Waals surface area contributed by atoms with Gasteiger partial charge in [-0.3, -0.25) is 76.6 Å². The average Bonchev–Trinajstić information content (AvgIpc) is 1.23. The average molecular weight is 1420 g/mol. The predicted octanol–water partition coefficient (Wildman–Crippen LogP) is 1.06. The molecule has 4 rings (SSSR count). The van der Waals surface area contributed by atoms with Gasteiger partial charge in [0, 0.05) is 39.4 Å². The normalized spacial score (nSPS) is 19.4. The molecule has 2 fully saturated rings. The number of nitrogens with one attached hydrogen (secondary N) is 12. The summed E-state index contributed by atoms with van der Waals surface area (Å²) in [6.45, 7) is 36.3. The third-order valence-corrected chi connectivity index (χ3v) is 20.4. The molecule has 4 heterocycles. The molecule has 0 aliphatic carbocycles. The van der Waals surface area contributed by atoms with Crippen LogP contribution in [0.2, 0.25) is 0 Å². The van der Waals surface area contributed by atoms with Crippen LogP contribution in [-0.4, -0.2) is 228 Å². The highest BCUT2D eigenvalue weighted by Crippen LogP contribution is 2.27. The second-order valence-corrected chi connectivity index (χ2v) is 31.9. The Balaban J connectivity index is 1.28. The van der Waals surface area contributed by atoms with Crippen LogP contribution >= 0.6 is 0 Å². The van der Waals surface area contributed by atoms with Crippen molar-refractivity contribution in [3.8, 4) is 0 Å². The molecule has 0 radical (unpaired) electrons.